The van der Waals surface area contributed by atoms with E-state index >= 15 is 0 Å². The van der Waals surface area contributed by atoms with E-state index < -0.39 is 0 Å². The third-order valence-electron chi connectivity index (χ3n) is 2.85. The van der Waals surface area contributed by atoms with Crippen molar-refractivity contribution in [3.63, 3.8) is 0 Å². The zero-order valence-electron chi connectivity index (χ0n) is 10.3. The first-order valence-electron chi connectivity index (χ1n) is 5.56. The van der Waals surface area contributed by atoms with Crippen LogP contribution < -0.4 is 5.32 Å². The summed E-state index contributed by atoms with van der Waals surface area (Å²) in [5.41, 5.74) is 3.19. The van der Waals surface area contributed by atoms with Crippen LogP contribution in [0, 0.1) is 6.92 Å². The van der Waals surface area contributed by atoms with Crippen LogP contribution in [0.2, 0.25) is 0 Å². The summed E-state index contributed by atoms with van der Waals surface area (Å²) in [5, 5.41) is 6.87. The molecule has 0 radical (unpaired) electrons. The lowest BCUT2D eigenvalue weighted by molar-refractivity contribution is 0.102. The van der Waals surface area contributed by atoms with E-state index in [0.29, 0.717) is 11.4 Å². The van der Waals surface area contributed by atoms with Crippen LogP contribution >= 0.6 is 11.6 Å². The molecule has 0 spiro atoms. The van der Waals surface area contributed by atoms with Crippen molar-refractivity contribution in [2.75, 3.05) is 5.32 Å². The van der Waals surface area contributed by atoms with Gasteiger partial charge in [0, 0.05) is 24.3 Å². The SMILES string of the molecule is Cc1c(C(=O)Nc2ccc(CCl)cc2)cnn1C. The molecule has 0 saturated carbocycles. The second-order valence-electron chi connectivity index (χ2n) is 4.05. The molecule has 1 aromatic heterocycles. The molecular formula is C13H14ClN3O. The lowest BCUT2D eigenvalue weighted by atomic mass is 10.2. The fraction of sp³-hybridized carbons (Fsp3) is 0.231. The average molecular weight is 264 g/mol. The Labute approximate surface area is 111 Å². The summed E-state index contributed by atoms with van der Waals surface area (Å²) in [4.78, 5) is 12.0. The standard InChI is InChI=1S/C13H14ClN3O/c1-9-12(8-15-17(9)2)13(18)16-11-5-3-10(7-14)4-6-11/h3-6,8H,7H2,1-2H3,(H,16,18). The average Bonchev–Trinajstić information content (AvgIpc) is 2.71. The molecule has 2 rings (SSSR count). The summed E-state index contributed by atoms with van der Waals surface area (Å²) in [6, 6.07) is 7.44. The van der Waals surface area contributed by atoms with Crippen LogP contribution in [0.1, 0.15) is 21.6 Å². The molecular weight excluding hydrogens is 250 g/mol. The van der Waals surface area contributed by atoms with Crippen LogP contribution in [0.4, 0.5) is 5.69 Å². The number of hydrogen-bond acceptors (Lipinski definition) is 2. The first kappa shape index (κ1) is 12.6. The van der Waals surface area contributed by atoms with E-state index in [1.165, 1.54) is 0 Å². The van der Waals surface area contributed by atoms with Gasteiger partial charge in [-0.05, 0) is 24.6 Å². The number of hydrogen-bond donors (Lipinski definition) is 1. The molecule has 1 N–H and O–H groups in total. The van der Waals surface area contributed by atoms with Crippen molar-refractivity contribution in [3.05, 3.63) is 47.3 Å². The van der Waals surface area contributed by atoms with Gasteiger partial charge in [-0.3, -0.25) is 9.48 Å². The molecule has 0 saturated heterocycles. The fourth-order valence-corrected chi connectivity index (χ4v) is 1.78. The molecule has 0 aliphatic carbocycles. The molecule has 5 heteroatoms. The van der Waals surface area contributed by atoms with Crippen molar-refractivity contribution in [2.24, 2.45) is 7.05 Å². The Hall–Kier alpha value is -1.81. The van der Waals surface area contributed by atoms with Crippen molar-refractivity contribution in [3.8, 4) is 0 Å². The van der Waals surface area contributed by atoms with Crippen molar-refractivity contribution < 1.29 is 4.79 Å². The molecule has 1 heterocycles. The van der Waals surface area contributed by atoms with Crippen LogP contribution in [0.3, 0.4) is 0 Å². The van der Waals surface area contributed by atoms with Gasteiger partial charge in [0.05, 0.1) is 11.8 Å². The Morgan fingerprint density at radius 1 is 1.39 bits per heavy atom. The quantitative estimate of drug-likeness (QED) is 0.866. The van der Waals surface area contributed by atoms with E-state index in [1.54, 1.807) is 17.9 Å². The first-order chi connectivity index (χ1) is 8.61. The highest BCUT2D eigenvalue weighted by Crippen LogP contribution is 2.13. The molecule has 0 fully saturated rings. The van der Waals surface area contributed by atoms with Crippen LogP contribution in [-0.2, 0) is 12.9 Å². The van der Waals surface area contributed by atoms with E-state index in [1.807, 2.05) is 31.2 Å². The summed E-state index contributed by atoms with van der Waals surface area (Å²) in [6.07, 6.45) is 1.57. The van der Waals surface area contributed by atoms with Crippen LogP contribution in [-0.4, -0.2) is 15.7 Å². The van der Waals surface area contributed by atoms with Gasteiger partial charge in [-0.25, -0.2) is 0 Å². The lowest BCUT2D eigenvalue weighted by Gasteiger charge is -2.05. The molecule has 0 aliphatic rings. The predicted octanol–water partition coefficient (Wildman–Crippen LogP) is 2.72. The minimum absolute atomic E-state index is 0.153. The number of nitrogens with zero attached hydrogens (tertiary/aromatic N) is 2. The normalized spacial score (nSPS) is 10.4. The summed E-state index contributed by atoms with van der Waals surface area (Å²) < 4.78 is 1.67. The number of aromatic nitrogens is 2. The number of rotatable bonds is 3. The summed E-state index contributed by atoms with van der Waals surface area (Å²) in [7, 11) is 1.81. The zero-order chi connectivity index (χ0) is 13.1. The molecule has 0 bridgehead atoms. The molecule has 94 valence electrons. The Bertz CT molecular complexity index is 560. The number of anilines is 1. The topological polar surface area (TPSA) is 46.9 Å². The van der Waals surface area contributed by atoms with Crippen LogP contribution in [0.5, 0.6) is 0 Å². The van der Waals surface area contributed by atoms with Gasteiger partial charge in [-0.1, -0.05) is 12.1 Å². The summed E-state index contributed by atoms with van der Waals surface area (Å²) in [6.45, 7) is 1.86. The van der Waals surface area contributed by atoms with Crippen molar-refractivity contribution in [2.45, 2.75) is 12.8 Å². The largest absolute Gasteiger partial charge is 0.322 e. The van der Waals surface area contributed by atoms with Gasteiger partial charge in [0.2, 0.25) is 0 Å². The summed E-state index contributed by atoms with van der Waals surface area (Å²) in [5.74, 6) is 0.315. The maximum Gasteiger partial charge on any atom is 0.259 e. The van der Waals surface area contributed by atoms with E-state index in [9.17, 15) is 4.79 Å². The Kier molecular flexibility index (Phi) is 3.67. The second-order valence-corrected chi connectivity index (χ2v) is 4.32. The Morgan fingerprint density at radius 3 is 2.56 bits per heavy atom. The van der Waals surface area contributed by atoms with Gasteiger partial charge in [-0.2, -0.15) is 5.10 Å². The number of benzene rings is 1. The third kappa shape index (κ3) is 2.54. The molecule has 0 atom stereocenters. The highest BCUT2D eigenvalue weighted by molar-refractivity contribution is 6.17. The van der Waals surface area contributed by atoms with Gasteiger partial charge in [-0.15, -0.1) is 11.6 Å². The minimum Gasteiger partial charge on any atom is -0.322 e. The number of aryl methyl sites for hydroxylation is 1. The number of amides is 1. The molecule has 0 aliphatic heterocycles. The maximum atomic E-state index is 12.0. The smallest absolute Gasteiger partial charge is 0.259 e. The van der Waals surface area contributed by atoms with Crippen LogP contribution in [0.15, 0.2) is 30.5 Å². The number of carbonyl (C=O) groups is 1. The van der Waals surface area contributed by atoms with Gasteiger partial charge >= 0.3 is 0 Å². The highest BCUT2D eigenvalue weighted by Gasteiger charge is 2.12. The minimum atomic E-state index is -0.153. The van der Waals surface area contributed by atoms with E-state index in [2.05, 4.69) is 10.4 Å². The molecule has 1 amide bonds. The maximum absolute atomic E-state index is 12.0. The van der Waals surface area contributed by atoms with E-state index in [0.717, 1.165) is 16.9 Å². The third-order valence-corrected chi connectivity index (χ3v) is 3.15. The van der Waals surface area contributed by atoms with Gasteiger partial charge in [0.15, 0.2) is 0 Å². The Morgan fingerprint density at radius 2 is 2.06 bits per heavy atom. The number of nitrogens with one attached hydrogen (secondary N) is 1. The fourth-order valence-electron chi connectivity index (χ4n) is 1.60. The van der Waals surface area contributed by atoms with Gasteiger partial charge in [0.25, 0.3) is 5.91 Å². The molecule has 0 unspecified atom stereocenters. The highest BCUT2D eigenvalue weighted by atomic mass is 35.5. The van der Waals surface area contributed by atoms with Crippen molar-refractivity contribution in [1.82, 2.24) is 9.78 Å². The van der Waals surface area contributed by atoms with Crippen LogP contribution in [0.25, 0.3) is 0 Å². The second kappa shape index (κ2) is 5.23. The summed E-state index contributed by atoms with van der Waals surface area (Å²) >= 11 is 5.71. The van der Waals surface area contributed by atoms with Gasteiger partial charge in [0.1, 0.15) is 0 Å². The van der Waals surface area contributed by atoms with Crippen molar-refractivity contribution >= 4 is 23.2 Å². The molecule has 2 aromatic rings. The number of carbonyl (C=O) groups excluding carboxylic acids is 1. The van der Waals surface area contributed by atoms with E-state index in [4.69, 9.17) is 11.6 Å². The molecule has 4 nitrogen and oxygen atoms in total. The monoisotopic (exact) mass is 263 g/mol. The molecule has 18 heavy (non-hydrogen) atoms. The first-order valence-corrected chi connectivity index (χ1v) is 6.10. The predicted molar refractivity (Wildman–Crippen MR) is 71.9 cm³/mol. The van der Waals surface area contributed by atoms with E-state index in [-0.39, 0.29) is 5.91 Å². The van der Waals surface area contributed by atoms with Gasteiger partial charge < -0.3 is 5.32 Å². The number of halogens is 1. The lowest BCUT2D eigenvalue weighted by Crippen LogP contribution is -2.12. The number of alkyl halides is 1. The molecule has 1 aromatic carbocycles. The van der Waals surface area contributed by atoms with Crippen molar-refractivity contribution in [1.29, 1.82) is 0 Å². The Balaban J connectivity index is 2.13. The zero-order valence-corrected chi connectivity index (χ0v) is 11.0.